The molecule has 1 rings (SSSR count). The Morgan fingerprint density at radius 2 is 1.35 bits per heavy atom. The molecule has 0 N–H and O–H groups in total. The fourth-order valence-electron chi connectivity index (χ4n) is 3.51. The second kappa shape index (κ2) is 21.6. The third kappa shape index (κ3) is 18.8. The number of hydrogen-bond acceptors (Lipinski definition) is 3. The lowest BCUT2D eigenvalue weighted by molar-refractivity contribution is -0.142. The number of allylic oxidation sites excluding steroid dienone is 8. The number of nitrogens with zero attached hydrogens (tertiary/aromatic N) is 1. The lowest BCUT2D eigenvalue weighted by Gasteiger charge is -2.13. The summed E-state index contributed by atoms with van der Waals surface area (Å²) < 4.78 is 5.28. The molecular weight excluding hydrogens is 382 g/mol. The number of hydrogen-bond donors (Lipinski definition) is 0. The first-order valence-electron chi connectivity index (χ1n) is 12.6. The zero-order chi connectivity index (χ0) is 22.2. The van der Waals surface area contributed by atoms with E-state index in [1.54, 1.807) is 0 Å². The average molecular weight is 429 g/mol. The lowest BCUT2D eigenvalue weighted by Crippen LogP contribution is -2.20. The van der Waals surface area contributed by atoms with Gasteiger partial charge in [0.25, 0.3) is 0 Å². The molecule has 1 saturated heterocycles. The molecule has 0 aromatic rings. The van der Waals surface area contributed by atoms with Gasteiger partial charge < -0.3 is 9.64 Å². The minimum atomic E-state index is -0.0756. The third-order valence-corrected chi connectivity index (χ3v) is 5.42. The number of rotatable bonds is 19. The van der Waals surface area contributed by atoms with Gasteiger partial charge in [-0.2, -0.15) is 0 Å². The Morgan fingerprint density at radius 3 is 1.97 bits per heavy atom. The molecule has 0 spiro atoms. The molecule has 3 heteroatoms. The van der Waals surface area contributed by atoms with Gasteiger partial charge in [-0.15, -0.1) is 0 Å². The molecule has 175 valence electrons. The van der Waals surface area contributed by atoms with E-state index in [1.807, 2.05) is 0 Å². The van der Waals surface area contributed by atoms with Crippen molar-refractivity contribution in [2.24, 2.45) is 0 Å². The molecule has 0 saturated carbocycles. The minimum absolute atomic E-state index is 0.0756. The smallest absolute Gasteiger partial charge is 0.305 e. The van der Waals surface area contributed by atoms with Crippen LogP contribution in [0.2, 0.25) is 0 Å². The van der Waals surface area contributed by atoms with Gasteiger partial charge in [0.2, 0.25) is 0 Å². The highest BCUT2D eigenvalue weighted by Crippen LogP contribution is 2.08. The summed E-state index contributed by atoms with van der Waals surface area (Å²) in [6.07, 6.45) is 34.0. The number of unbranched alkanes of at least 4 members (excludes halogenated alkanes) is 5. The Morgan fingerprint density at radius 1 is 0.774 bits per heavy atom. The highest BCUT2D eigenvalue weighted by atomic mass is 16.5. The normalized spacial score (nSPS) is 15.4. The zero-order valence-corrected chi connectivity index (χ0v) is 20.0. The van der Waals surface area contributed by atoms with Gasteiger partial charge in [0.1, 0.15) is 0 Å². The Hall–Kier alpha value is -1.61. The molecule has 0 unspecified atom stereocenters. The largest absolute Gasteiger partial charge is 0.465 e. The van der Waals surface area contributed by atoms with Crippen molar-refractivity contribution in [3.05, 3.63) is 55.0 Å². The summed E-state index contributed by atoms with van der Waals surface area (Å²) in [5.41, 5.74) is 0. The monoisotopic (exact) mass is 428 g/mol. The van der Waals surface area contributed by atoms with Crippen LogP contribution in [0, 0.1) is 6.42 Å². The summed E-state index contributed by atoms with van der Waals surface area (Å²) in [7, 11) is 0. The van der Waals surface area contributed by atoms with Crippen molar-refractivity contribution in [3.8, 4) is 0 Å². The number of carbonyl (C=O) groups excluding carboxylic acids is 1. The first-order valence-corrected chi connectivity index (χ1v) is 12.6. The van der Waals surface area contributed by atoms with Crippen molar-refractivity contribution in [2.75, 3.05) is 26.2 Å². The van der Waals surface area contributed by atoms with Crippen LogP contribution in [-0.2, 0) is 9.53 Å². The predicted molar refractivity (Wildman–Crippen MR) is 134 cm³/mol. The van der Waals surface area contributed by atoms with E-state index in [0.29, 0.717) is 13.0 Å². The van der Waals surface area contributed by atoms with Gasteiger partial charge >= 0.3 is 5.97 Å². The topological polar surface area (TPSA) is 29.5 Å². The van der Waals surface area contributed by atoms with E-state index in [1.165, 1.54) is 51.6 Å². The quantitative estimate of drug-likeness (QED) is 0.122. The minimum Gasteiger partial charge on any atom is -0.465 e. The SMILES string of the molecule is CCCCC/C=C\C/C=C\C/C=C\C/C=C\CCCC(=O)OC[CH]CCN1CCCC1. The second-order valence-electron chi connectivity index (χ2n) is 8.29. The van der Waals surface area contributed by atoms with Crippen molar-refractivity contribution in [1.29, 1.82) is 0 Å². The summed E-state index contributed by atoms with van der Waals surface area (Å²) in [4.78, 5) is 14.2. The zero-order valence-electron chi connectivity index (χ0n) is 20.0. The van der Waals surface area contributed by atoms with E-state index >= 15 is 0 Å². The van der Waals surface area contributed by atoms with Crippen LogP contribution in [0.4, 0.5) is 0 Å². The first kappa shape index (κ1) is 27.4. The molecule has 0 aliphatic carbocycles. The molecule has 3 nitrogen and oxygen atoms in total. The molecule has 1 radical (unpaired) electrons. The lowest BCUT2D eigenvalue weighted by atomic mass is 10.2. The number of esters is 1. The van der Waals surface area contributed by atoms with E-state index in [9.17, 15) is 4.79 Å². The Labute approximate surface area is 192 Å². The third-order valence-electron chi connectivity index (χ3n) is 5.42. The molecule has 0 atom stereocenters. The molecule has 1 fully saturated rings. The highest BCUT2D eigenvalue weighted by molar-refractivity contribution is 5.69. The van der Waals surface area contributed by atoms with Crippen LogP contribution in [0.1, 0.15) is 90.4 Å². The fourth-order valence-corrected chi connectivity index (χ4v) is 3.51. The van der Waals surface area contributed by atoms with Gasteiger partial charge in [-0.3, -0.25) is 4.79 Å². The summed E-state index contributed by atoms with van der Waals surface area (Å²) in [5, 5.41) is 0. The van der Waals surface area contributed by atoms with Crippen molar-refractivity contribution in [2.45, 2.75) is 90.4 Å². The van der Waals surface area contributed by atoms with E-state index in [0.717, 1.165) is 45.1 Å². The molecule has 0 aromatic carbocycles. The van der Waals surface area contributed by atoms with Gasteiger partial charge in [0.05, 0.1) is 6.61 Å². The Balaban J connectivity index is 1.85. The van der Waals surface area contributed by atoms with E-state index in [2.05, 4.69) is 66.9 Å². The molecule has 1 heterocycles. The van der Waals surface area contributed by atoms with E-state index in [-0.39, 0.29) is 5.97 Å². The van der Waals surface area contributed by atoms with E-state index in [4.69, 9.17) is 4.74 Å². The molecule has 0 bridgehead atoms. The predicted octanol–water partition coefficient (Wildman–Crippen LogP) is 7.37. The fraction of sp³-hybridized carbons (Fsp3) is 0.643. The summed E-state index contributed by atoms with van der Waals surface area (Å²) >= 11 is 0. The molecule has 31 heavy (non-hydrogen) atoms. The van der Waals surface area contributed by atoms with Crippen LogP contribution < -0.4 is 0 Å². The summed E-state index contributed by atoms with van der Waals surface area (Å²) in [6, 6.07) is 0. The number of carbonyl (C=O) groups is 1. The average Bonchev–Trinajstić information content (AvgIpc) is 3.29. The van der Waals surface area contributed by atoms with Crippen molar-refractivity contribution in [3.63, 3.8) is 0 Å². The van der Waals surface area contributed by atoms with Crippen molar-refractivity contribution >= 4 is 5.97 Å². The van der Waals surface area contributed by atoms with Crippen LogP contribution in [0.3, 0.4) is 0 Å². The van der Waals surface area contributed by atoms with Crippen LogP contribution in [0.5, 0.6) is 0 Å². The Bertz CT molecular complexity index is 527. The standard InChI is InChI=1S/C28H46NO2/c1-2-3-4-5-6-7-8-9-10-11-12-13-14-15-16-17-18-23-28(30)31-27-22-21-26-29-24-19-20-25-29/h6-7,9-10,12-13,15-16,22H,2-5,8,11,14,17-21,23-27H2,1H3/b7-6-,10-9-,13-12-,16-15-. The molecule has 0 amide bonds. The van der Waals surface area contributed by atoms with Gasteiger partial charge in [-0.05, 0) is 83.8 Å². The molecular formula is C28H46NO2. The molecule has 1 aliphatic heterocycles. The maximum atomic E-state index is 11.7. The molecule has 1 aliphatic rings. The van der Waals surface area contributed by atoms with Gasteiger partial charge in [0.15, 0.2) is 0 Å². The van der Waals surface area contributed by atoms with Gasteiger partial charge in [0, 0.05) is 12.8 Å². The highest BCUT2D eigenvalue weighted by Gasteiger charge is 2.10. The Kier molecular flexibility index (Phi) is 19.1. The van der Waals surface area contributed by atoms with Crippen molar-refractivity contribution in [1.82, 2.24) is 4.90 Å². The van der Waals surface area contributed by atoms with E-state index < -0.39 is 0 Å². The van der Waals surface area contributed by atoms with Crippen LogP contribution in [0.15, 0.2) is 48.6 Å². The van der Waals surface area contributed by atoms with Crippen molar-refractivity contribution < 1.29 is 9.53 Å². The van der Waals surface area contributed by atoms with Gasteiger partial charge in [-0.25, -0.2) is 0 Å². The molecule has 0 aromatic heterocycles. The van der Waals surface area contributed by atoms with Crippen LogP contribution >= 0.6 is 0 Å². The maximum absolute atomic E-state index is 11.7. The second-order valence-corrected chi connectivity index (χ2v) is 8.29. The van der Waals surface area contributed by atoms with Gasteiger partial charge in [-0.1, -0.05) is 68.4 Å². The number of likely N-dealkylation sites (tertiary alicyclic amines) is 1. The maximum Gasteiger partial charge on any atom is 0.305 e. The first-order chi connectivity index (χ1) is 15.3. The van der Waals surface area contributed by atoms with Crippen LogP contribution in [-0.4, -0.2) is 37.1 Å². The number of ether oxygens (including phenoxy) is 1. The van der Waals surface area contributed by atoms with Crippen LogP contribution in [0.25, 0.3) is 0 Å². The summed E-state index contributed by atoms with van der Waals surface area (Å²) in [5.74, 6) is -0.0756. The summed E-state index contributed by atoms with van der Waals surface area (Å²) in [6.45, 7) is 6.25.